The van der Waals surface area contributed by atoms with Crippen molar-refractivity contribution < 1.29 is 19.5 Å². The molecule has 1 atom stereocenters. The van der Waals surface area contributed by atoms with Crippen LogP contribution < -0.4 is 5.32 Å². The fourth-order valence-corrected chi connectivity index (χ4v) is 2.23. The minimum atomic E-state index is -0.878. The van der Waals surface area contributed by atoms with Crippen molar-refractivity contribution >= 4 is 23.6 Å². The van der Waals surface area contributed by atoms with E-state index in [9.17, 15) is 14.4 Å². The monoisotopic (exact) mass is 291 g/mol. The molecule has 7 nitrogen and oxygen atoms in total. The van der Waals surface area contributed by atoms with Gasteiger partial charge in [0, 0.05) is 24.8 Å². The first kappa shape index (κ1) is 15.0. The number of carbonyl (C=O) groups is 3. The second-order valence-electron chi connectivity index (χ2n) is 5.04. The SMILES string of the molecule is CC(=O)c1ccc(NC(=O)N2CCCC(C(=O)O)C2)nc1. The molecule has 0 spiro atoms. The molecule has 1 unspecified atom stereocenters. The molecule has 2 amide bonds. The Labute approximate surface area is 122 Å². The van der Waals surface area contributed by atoms with Gasteiger partial charge in [-0.2, -0.15) is 0 Å². The molecule has 1 aliphatic heterocycles. The second-order valence-corrected chi connectivity index (χ2v) is 5.04. The summed E-state index contributed by atoms with van der Waals surface area (Å²) in [5, 5.41) is 11.6. The van der Waals surface area contributed by atoms with Crippen molar-refractivity contribution in [1.29, 1.82) is 0 Å². The maximum Gasteiger partial charge on any atom is 0.323 e. The van der Waals surface area contributed by atoms with Crippen molar-refractivity contribution in [3.8, 4) is 0 Å². The van der Waals surface area contributed by atoms with E-state index >= 15 is 0 Å². The van der Waals surface area contributed by atoms with Gasteiger partial charge in [-0.25, -0.2) is 9.78 Å². The van der Waals surface area contributed by atoms with E-state index in [0.29, 0.717) is 30.8 Å². The van der Waals surface area contributed by atoms with Crippen molar-refractivity contribution in [3.05, 3.63) is 23.9 Å². The number of urea groups is 1. The molecule has 1 aromatic heterocycles. The number of hydrogen-bond donors (Lipinski definition) is 2. The number of nitrogens with one attached hydrogen (secondary N) is 1. The fourth-order valence-electron chi connectivity index (χ4n) is 2.23. The summed E-state index contributed by atoms with van der Waals surface area (Å²) in [6.07, 6.45) is 2.65. The predicted molar refractivity (Wildman–Crippen MR) is 75.2 cm³/mol. The van der Waals surface area contributed by atoms with Crippen molar-refractivity contribution in [1.82, 2.24) is 9.88 Å². The molecule has 2 N–H and O–H groups in total. The zero-order chi connectivity index (χ0) is 15.4. The molecule has 1 saturated heterocycles. The number of nitrogens with zero attached hydrogens (tertiary/aromatic N) is 2. The summed E-state index contributed by atoms with van der Waals surface area (Å²) in [6, 6.07) is 2.76. The Kier molecular flexibility index (Phi) is 4.52. The summed E-state index contributed by atoms with van der Waals surface area (Å²) in [6.45, 7) is 2.17. The number of piperidine rings is 1. The van der Waals surface area contributed by atoms with E-state index < -0.39 is 11.9 Å². The lowest BCUT2D eigenvalue weighted by molar-refractivity contribution is -0.143. The Hall–Kier alpha value is -2.44. The molecule has 0 bridgehead atoms. The van der Waals surface area contributed by atoms with Gasteiger partial charge in [-0.15, -0.1) is 0 Å². The third-order valence-electron chi connectivity index (χ3n) is 3.46. The van der Waals surface area contributed by atoms with E-state index in [4.69, 9.17) is 5.11 Å². The lowest BCUT2D eigenvalue weighted by atomic mass is 9.99. The van der Waals surface area contributed by atoms with E-state index in [1.165, 1.54) is 18.0 Å². The third kappa shape index (κ3) is 3.77. The van der Waals surface area contributed by atoms with Crippen molar-refractivity contribution in [2.24, 2.45) is 5.92 Å². The van der Waals surface area contributed by atoms with Crippen molar-refractivity contribution in [2.45, 2.75) is 19.8 Å². The summed E-state index contributed by atoms with van der Waals surface area (Å²) in [5.74, 6) is -1.16. The highest BCUT2D eigenvalue weighted by Gasteiger charge is 2.28. The second kappa shape index (κ2) is 6.34. The van der Waals surface area contributed by atoms with E-state index in [2.05, 4.69) is 10.3 Å². The molecule has 0 aromatic carbocycles. The largest absolute Gasteiger partial charge is 0.481 e. The number of Topliss-reactive ketones (excluding diaryl/α,β-unsaturated/α-hetero) is 1. The van der Waals surface area contributed by atoms with Gasteiger partial charge < -0.3 is 10.0 Å². The highest BCUT2D eigenvalue weighted by molar-refractivity contribution is 5.94. The molecule has 1 aromatic rings. The van der Waals surface area contributed by atoms with Crippen molar-refractivity contribution in [2.75, 3.05) is 18.4 Å². The number of carboxylic acid groups (broad SMARTS) is 1. The van der Waals surface area contributed by atoms with Gasteiger partial charge in [-0.3, -0.25) is 14.9 Å². The lowest BCUT2D eigenvalue weighted by Crippen LogP contribution is -2.44. The van der Waals surface area contributed by atoms with Crippen LogP contribution in [0.2, 0.25) is 0 Å². The number of likely N-dealkylation sites (tertiary alicyclic amines) is 1. The molecule has 112 valence electrons. The Morgan fingerprint density at radius 1 is 1.38 bits per heavy atom. The van der Waals surface area contributed by atoms with E-state index in [0.717, 1.165) is 0 Å². The van der Waals surface area contributed by atoms with E-state index in [1.54, 1.807) is 12.1 Å². The maximum absolute atomic E-state index is 12.1. The quantitative estimate of drug-likeness (QED) is 0.824. The third-order valence-corrected chi connectivity index (χ3v) is 3.46. The molecule has 0 radical (unpaired) electrons. The molecular formula is C14H17N3O4. The smallest absolute Gasteiger partial charge is 0.323 e. The summed E-state index contributed by atoms with van der Waals surface area (Å²) >= 11 is 0. The lowest BCUT2D eigenvalue weighted by Gasteiger charge is -2.30. The molecule has 0 aliphatic carbocycles. The summed E-state index contributed by atoms with van der Waals surface area (Å²) < 4.78 is 0. The first-order valence-corrected chi connectivity index (χ1v) is 6.73. The Morgan fingerprint density at radius 3 is 2.71 bits per heavy atom. The van der Waals surface area contributed by atoms with Crippen LogP contribution in [-0.2, 0) is 4.79 Å². The molecule has 1 fully saturated rings. The Balaban J connectivity index is 1.97. The zero-order valence-corrected chi connectivity index (χ0v) is 11.7. The van der Waals surface area contributed by atoms with E-state index in [-0.39, 0.29) is 18.4 Å². The van der Waals surface area contributed by atoms with Gasteiger partial charge >= 0.3 is 12.0 Å². The van der Waals surface area contributed by atoms with Crippen LogP contribution in [0.4, 0.5) is 10.6 Å². The number of rotatable bonds is 3. The van der Waals surface area contributed by atoms with Crippen LogP contribution in [0.25, 0.3) is 0 Å². The molecule has 21 heavy (non-hydrogen) atoms. The zero-order valence-electron chi connectivity index (χ0n) is 11.7. The van der Waals surface area contributed by atoms with Gasteiger partial charge in [0.2, 0.25) is 0 Å². The normalized spacial score (nSPS) is 18.1. The van der Waals surface area contributed by atoms with Gasteiger partial charge in [-0.1, -0.05) is 0 Å². The number of amides is 2. The predicted octanol–water partition coefficient (Wildman–Crippen LogP) is 1.61. The van der Waals surface area contributed by atoms with Crippen LogP contribution in [0.1, 0.15) is 30.1 Å². The van der Waals surface area contributed by atoms with E-state index in [1.807, 2.05) is 0 Å². The molecule has 7 heteroatoms. The van der Waals surface area contributed by atoms with Gasteiger partial charge in [0.25, 0.3) is 0 Å². The first-order chi connectivity index (χ1) is 9.97. The number of carboxylic acids is 1. The van der Waals surface area contributed by atoms with Gasteiger partial charge in [0.15, 0.2) is 5.78 Å². The molecule has 1 aliphatic rings. The molecule has 2 heterocycles. The highest BCUT2D eigenvalue weighted by atomic mass is 16.4. The highest BCUT2D eigenvalue weighted by Crippen LogP contribution is 2.17. The number of pyridine rings is 1. The summed E-state index contributed by atoms with van der Waals surface area (Å²) in [4.78, 5) is 39.7. The van der Waals surface area contributed by atoms with Gasteiger partial charge in [0.05, 0.1) is 5.92 Å². The minimum Gasteiger partial charge on any atom is -0.481 e. The number of aromatic nitrogens is 1. The van der Waals surface area contributed by atoms with Crippen LogP contribution >= 0.6 is 0 Å². The summed E-state index contributed by atoms with van der Waals surface area (Å²) in [5.41, 5.74) is 0.469. The minimum absolute atomic E-state index is 0.0966. The summed E-state index contributed by atoms with van der Waals surface area (Å²) in [7, 11) is 0. The number of carbonyl (C=O) groups excluding carboxylic acids is 2. The van der Waals surface area contributed by atoms with Gasteiger partial charge in [-0.05, 0) is 31.9 Å². The van der Waals surface area contributed by atoms with Crippen molar-refractivity contribution in [3.63, 3.8) is 0 Å². The maximum atomic E-state index is 12.1. The number of anilines is 1. The Bertz CT molecular complexity index is 556. The number of ketones is 1. The van der Waals surface area contributed by atoms with Gasteiger partial charge in [0.1, 0.15) is 5.82 Å². The number of hydrogen-bond acceptors (Lipinski definition) is 4. The van der Waals surface area contributed by atoms with Crippen LogP contribution in [0.3, 0.4) is 0 Å². The molecular weight excluding hydrogens is 274 g/mol. The number of aliphatic carboxylic acids is 1. The topological polar surface area (TPSA) is 99.6 Å². The Morgan fingerprint density at radius 2 is 2.14 bits per heavy atom. The average molecular weight is 291 g/mol. The standard InChI is InChI=1S/C14H17N3O4/c1-9(18)10-4-5-12(15-7-10)16-14(21)17-6-2-3-11(8-17)13(19)20/h4-5,7,11H,2-3,6,8H2,1H3,(H,19,20)(H,15,16,21). The van der Waals surface area contributed by atoms with Crippen LogP contribution in [0.5, 0.6) is 0 Å². The van der Waals surface area contributed by atoms with Crippen LogP contribution in [0.15, 0.2) is 18.3 Å². The fraction of sp³-hybridized carbons (Fsp3) is 0.429. The molecule has 2 rings (SSSR count). The van der Waals surface area contributed by atoms with Crippen LogP contribution in [0, 0.1) is 5.92 Å². The van der Waals surface area contributed by atoms with Crippen LogP contribution in [-0.4, -0.2) is 45.9 Å². The average Bonchev–Trinajstić information content (AvgIpc) is 2.48. The molecule has 0 saturated carbocycles. The first-order valence-electron chi connectivity index (χ1n) is 6.73.